The molecule has 6 nitrogen and oxygen atoms in total. The smallest absolute Gasteiger partial charge is 0.262 e. The lowest BCUT2D eigenvalue weighted by atomic mass is 9.84. The van der Waals surface area contributed by atoms with Crippen LogP contribution in [0.5, 0.6) is 0 Å². The molecule has 1 saturated heterocycles. The van der Waals surface area contributed by atoms with Crippen molar-refractivity contribution in [2.45, 2.75) is 32.2 Å². The van der Waals surface area contributed by atoms with Gasteiger partial charge in [-0.2, -0.15) is 0 Å². The molecule has 2 fully saturated rings. The van der Waals surface area contributed by atoms with Crippen LogP contribution >= 0.6 is 27.3 Å². The zero-order chi connectivity index (χ0) is 18.0. The average Bonchev–Trinajstić information content (AvgIpc) is 2.99. The first-order chi connectivity index (χ1) is 12.0. The predicted octanol–water partition coefficient (Wildman–Crippen LogP) is 2.10. The summed E-state index contributed by atoms with van der Waals surface area (Å²) < 4.78 is 0.879. The van der Waals surface area contributed by atoms with Crippen molar-refractivity contribution >= 4 is 45.0 Å². The number of hydrogen-bond acceptors (Lipinski definition) is 4. The van der Waals surface area contributed by atoms with Crippen molar-refractivity contribution in [3.63, 3.8) is 0 Å². The van der Waals surface area contributed by atoms with E-state index < -0.39 is 6.04 Å². The molecule has 0 radical (unpaired) electrons. The van der Waals surface area contributed by atoms with Gasteiger partial charge < -0.3 is 15.1 Å². The minimum Gasteiger partial charge on any atom is -0.340 e. The van der Waals surface area contributed by atoms with Gasteiger partial charge >= 0.3 is 0 Å². The maximum Gasteiger partial charge on any atom is 0.262 e. The summed E-state index contributed by atoms with van der Waals surface area (Å²) in [5.74, 6) is 0.101. The van der Waals surface area contributed by atoms with Crippen molar-refractivity contribution in [2.24, 2.45) is 5.92 Å². The van der Waals surface area contributed by atoms with Gasteiger partial charge in [0.05, 0.1) is 8.66 Å². The quantitative estimate of drug-likeness (QED) is 0.799. The molecule has 0 bridgehead atoms. The number of halogens is 1. The van der Waals surface area contributed by atoms with E-state index in [0.717, 1.165) is 23.0 Å². The summed E-state index contributed by atoms with van der Waals surface area (Å²) in [6.45, 7) is 3.93. The van der Waals surface area contributed by atoms with Gasteiger partial charge in [-0.05, 0) is 47.8 Å². The van der Waals surface area contributed by atoms with Crippen LogP contribution in [0.4, 0.5) is 0 Å². The van der Waals surface area contributed by atoms with Gasteiger partial charge in [0.25, 0.3) is 5.91 Å². The summed E-state index contributed by atoms with van der Waals surface area (Å²) in [5.41, 5.74) is 0. The Bertz CT molecular complexity index is 666. The minimum atomic E-state index is -0.581. The maximum absolute atomic E-state index is 12.5. The molecule has 0 aromatic carbocycles. The summed E-state index contributed by atoms with van der Waals surface area (Å²) in [7, 11) is 0. The molecule has 1 N–H and O–H groups in total. The molecule has 1 saturated carbocycles. The van der Waals surface area contributed by atoms with Crippen molar-refractivity contribution in [1.82, 2.24) is 15.1 Å². The zero-order valence-electron chi connectivity index (χ0n) is 14.2. The van der Waals surface area contributed by atoms with Gasteiger partial charge in [-0.25, -0.2) is 0 Å². The van der Waals surface area contributed by atoms with Crippen molar-refractivity contribution in [1.29, 1.82) is 0 Å². The largest absolute Gasteiger partial charge is 0.340 e. The van der Waals surface area contributed by atoms with Gasteiger partial charge in [0.15, 0.2) is 0 Å². The maximum atomic E-state index is 12.5. The number of thiophene rings is 1. The predicted molar refractivity (Wildman–Crippen MR) is 99.4 cm³/mol. The molecule has 1 aromatic heterocycles. The third-order valence-corrected chi connectivity index (χ3v) is 6.49. The lowest BCUT2D eigenvalue weighted by Gasteiger charge is -2.39. The van der Waals surface area contributed by atoms with E-state index in [0.29, 0.717) is 31.1 Å². The highest BCUT2D eigenvalue weighted by molar-refractivity contribution is 9.11. The lowest BCUT2D eigenvalue weighted by Crippen LogP contribution is -2.56. The van der Waals surface area contributed by atoms with E-state index >= 15 is 0 Å². The second-order valence-electron chi connectivity index (χ2n) is 6.58. The van der Waals surface area contributed by atoms with Gasteiger partial charge in [0, 0.05) is 32.1 Å². The van der Waals surface area contributed by atoms with Crippen LogP contribution in [0.3, 0.4) is 0 Å². The molecule has 2 heterocycles. The molecule has 1 unspecified atom stereocenters. The Morgan fingerprint density at radius 3 is 2.32 bits per heavy atom. The summed E-state index contributed by atoms with van der Waals surface area (Å²) in [5, 5.41) is 2.76. The Balaban J connectivity index is 1.48. The highest BCUT2D eigenvalue weighted by atomic mass is 79.9. The molecule has 3 amide bonds. The average molecular weight is 428 g/mol. The fourth-order valence-corrected chi connectivity index (χ4v) is 4.39. The molecule has 1 aromatic rings. The normalized spacial score (nSPS) is 19.3. The van der Waals surface area contributed by atoms with Crippen molar-refractivity contribution < 1.29 is 14.4 Å². The Morgan fingerprint density at radius 1 is 1.16 bits per heavy atom. The number of hydrogen-bond donors (Lipinski definition) is 1. The molecule has 0 spiro atoms. The van der Waals surface area contributed by atoms with E-state index in [1.165, 1.54) is 11.3 Å². The van der Waals surface area contributed by atoms with Crippen LogP contribution < -0.4 is 5.32 Å². The van der Waals surface area contributed by atoms with Crippen LogP contribution in [0.2, 0.25) is 0 Å². The third kappa shape index (κ3) is 4.23. The molecular formula is C17H22BrN3O3S. The van der Waals surface area contributed by atoms with E-state index in [1.54, 1.807) is 17.9 Å². The van der Waals surface area contributed by atoms with Crippen LogP contribution in [0.15, 0.2) is 15.9 Å². The fraction of sp³-hybridized carbons (Fsp3) is 0.588. The Kier molecular flexibility index (Phi) is 5.78. The Morgan fingerprint density at radius 2 is 1.80 bits per heavy atom. The first kappa shape index (κ1) is 18.4. The second-order valence-corrected chi connectivity index (χ2v) is 9.04. The summed E-state index contributed by atoms with van der Waals surface area (Å²) in [6.07, 6.45) is 3.15. The fourth-order valence-electron chi connectivity index (χ4n) is 3.10. The van der Waals surface area contributed by atoms with Gasteiger partial charge in [-0.1, -0.05) is 6.42 Å². The Hall–Kier alpha value is -1.41. The zero-order valence-corrected chi connectivity index (χ0v) is 16.6. The van der Waals surface area contributed by atoms with Crippen molar-refractivity contribution in [2.75, 3.05) is 26.2 Å². The van der Waals surface area contributed by atoms with E-state index in [4.69, 9.17) is 0 Å². The lowest BCUT2D eigenvalue weighted by molar-refractivity contribution is -0.144. The standard InChI is InChI=1S/C17H22BrN3O3S/c1-11(19-15(22)13-5-6-14(18)25-13)16(23)20-7-9-21(10-8-20)17(24)12-3-2-4-12/h5-6,11-12H,2-4,7-10H2,1H3,(H,19,22). The molecule has 1 atom stereocenters. The number of piperazine rings is 1. The molecule has 1 aliphatic heterocycles. The second kappa shape index (κ2) is 7.86. The highest BCUT2D eigenvalue weighted by Crippen LogP contribution is 2.28. The molecule has 8 heteroatoms. The number of nitrogens with one attached hydrogen (secondary N) is 1. The van der Waals surface area contributed by atoms with Crippen LogP contribution in [0.1, 0.15) is 35.9 Å². The van der Waals surface area contributed by atoms with Crippen molar-refractivity contribution in [3.05, 3.63) is 20.8 Å². The van der Waals surface area contributed by atoms with E-state index in [-0.39, 0.29) is 23.6 Å². The van der Waals surface area contributed by atoms with Crippen LogP contribution in [0.25, 0.3) is 0 Å². The summed E-state index contributed by atoms with van der Waals surface area (Å²) in [6, 6.07) is 2.96. The molecule has 1 aliphatic carbocycles. The number of rotatable bonds is 4. The highest BCUT2D eigenvalue weighted by Gasteiger charge is 2.33. The van der Waals surface area contributed by atoms with Crippen LogP contribution in [-0.2, 0) is 9.59 Å². The van der Waals surface area contributed by atoms with Crippen LogP contribution in [-0.4, -0.2) is 59.7 Å². The van der Waals surface area contributed by atoms with E-state index in [2.05, 4.69) is 21.2 Å². The first-order valence-electron chi connectivity index (χ1n) is 8.59. The van der Waals surface area contributed by atoms with Gasteiger partial charge in [0.1, 0.15) is 6.04 Å². The number of carbonyl (C=O) groups excluding carboxylic acids is 3. The van der Waals surface area contributed by atoms with E-state index in [1.807, 2.05) is 11.0 Å². The Labute approximate surface area is 159 Å². The van der Waals surface area contributed by atoms with Crippen LogP contribution in [0, 0.1) is 5.92 Å². The van der Waals surface area contributed by atoms with E-state index in [9.17, 15) is 14.4 Å². The van der Waals surface area contributed by atoms with Gasteiger partial charge in [-0.15, -0.1) is 11.3 Å². The topological polar surface area (TPSA) is 69.7 Å². The van der Waals surface area contributed by atoms with Gasteiger partial charge in [0.2, 0.25) is 11.8 Å². The SMILES string of the molecule is CC(NC(=O)c1ccc(Br)s1)C(=O)N1CCN(C(=O)C2CCC2)CC1. The van der Waals surface area contributed by atoms with Crippen molar-refractivity contribution in [3.8, 4) is 0 Å². The minimum absolute atomic E-state index is 0.0975. The number of nitrogens with zero attached hydrogens (tertiary/aromatic N) is 2. The molecule has 2 aliphatic rings. The van der Waals surface area contributed by atoms with Gasteiger partial charge in [-0.3, -0.25) is 14.4 Å². The first-order valence-corrected chi connectivity index (χ1v) is 10.2. The molecule has 25 heavy (non-hydrogen) atoms. The molecule has 3 rings (SSSR count). The third-order valence-electron chi connectivity index (χ3n) is 4.87. The molecule has 136 valence electrons. The summed E-state index contributed by atoms with van der Waals surface area (Å²) >= 11 is 4.66. The number of amides is 3. The summed E-state index contributed by atoms with van der Waals surface area (Å²) in [4.78, 5) is 41.2. The molecular weight excluding hydrogens is 406 g/mol. The monoisotopic (exact) mass is 427 g/mol. The number of carbonyl (C=O) groups is 3.